The second-order valence-electron chi connectivity index (χ2n) is 5.53. The zero-order valence-corrected chi connectivity index (χ0v) is 12.4. The van der Waals surface area contributed by atoms with E-state index < -0.39 is 17.6 Å². The normalized spacial score (nSPS) is 16.6. The molecule has 1 amide bonds. The summed E-state index contributed by atoms with van der Waals surface area (Å²) in [5, 5.41) is 2.77. The lowest BCUT2D eigenvalue weighted by atomic mass is 9.89. The maximum absolute atomic E-state index is 14.2. The SMILES string of the molecule is O=C1C[C@@H](c2ccc(F)cc2F)c2ncn(-c3cccnc3)c2N1. The predicted octanol–water partition coefficient (Wildman–Crippen LogP) is 3.02. The topological polar surface area (TPSA) is 59.8 Å². The summed E-state index contributed by atoms with van der Waals surface area (Å²) in [5.74, 6) is -1.67. The smallest absolute Gasteiger partial charge is 0.226 e. The highest BCUT2D eigenvalue weighted by Crippen LogP contribution is 2.38. The fraction of sp³-hybridized carbons (Fsp3) is 0.118. The number of halogens is 2. The molecule has 0 radical (unpaired) electrons. The van der Waals surface area contributed by atoms with Crippen LogP contribution >= 0.6 is 0 Å². The van der Waals surface area contributed by atoms with Crippen molar-refractivity contribution in [3.05, 3.63) is 71.9 Å². The Labute approximate surface area is 136 Å². The van der Waals surface area contributed by atoms with Crippen molar-refractivity contribution >= 4 is 11.7 Å². The fourth-order valence-corrected chi connectivity index (χ4v) is 2.94. The summed E-state index contributed by atoms with van der Waals surface area (Å²) < 4.78 is 29.0. The van der Waals surface area contributed by atoms with Gasteiger partial charge in [0, 0.05) is 24.6 Å². The number of amides is 1. The molecule has 24 heavy (non-hydrogen) atoms. The highest BCUT2D eigenvalue weighted by Gasteiger charge is 2.32. The van der Waals surface area contributed by atoms with E-state index in [0.717, 1.165) is 11.8 Å². The number of carbonyl (C=O) groups excluding carboxylic acids is 1. The van der Waals surface area contributed by atoms with Gasteiger partial charge in [-0.05, 0) is 23.8 Å². The Bertz CT molecular complexity index is 924. The van der Waals surface area contributed by atoms with E-state index in [1.165, 1.54) is 12.1 Å². The first-order chi connectivity index (χ1) is 11.6. The van der Waals surface area contributed by atoms with Gasteiger partial charge in [-0.15, -0.1) is 0 Å². The molecule has 3 aromatic rings. The van der Waals surface area contributed by atoms with E-state index in [-0.39, 0.29) is 17.9 Å². The molecule has 7 heteroatoms. The van der Waals surface area contributed by atoms with Crippen molar-refractivity contribution in [2.24, 2.45) is 0 Å². The largest absolute Gasteiger partial charge is 0.310 e. The first kappa shape index (κ1) is 14.5. The average molecular weight is 326 g/mol. The summed E-state index contributed by atoms with van der Waals surface area (Å²) in [4.78, 5) is 20.5. The van der Waals surface area contributed by atoms with E-state index in [4.69, 9.17) is 0 Å². The number of aromatic nitrogens is 3. The maximum atomic E-state index is 14.2. The lowest BCUT2D eigenvalue weighted by molar-refractivity contribution is -0.116. The first-order valence-corrected chi connectivity index (χ1v) is 7.36. The van der Waals surface area contributed by atoms with Crippen LogP contribution in [0.3, 0.4) is 0 Å². The summed E-state index contributed by atoms with van der Waals surface area (Å²) in [7, 11) is 0. The van der Waals surface area contributed by atoms with Crippen molar-refractivity contribution in [1.29, 1.82) is 0 Å². The average Bonchev–Trinajstić information content (AvgIpc) is 2.99. The maximum Gasteiger partial charge on any atom is 0.226 e. The summed E-state index contributed by atoms with van der Waals surface area (Å²) in [5.41, 5.74) is 1.53. The van der Waals surface area contributed by atoms with Crippen LogP contribution in [0.15, 0.2) is 49.1 Å². The van der Waals surface area contributed by atoms with Gasteiger partial charge in [0.25, 0.3) is 0 Å². The summed E-state index contributed by atoms with van der Waals surface area (Å²) in [6, 6.07) is 6.95. The molecule has 0 fully saturated rings. The third kappa shape index (κ3) is 2.34. The van der Waals surface area contributed by atoms with E-state index in [1.807, 2.05) is 6.07 Å². The fourth-order valence-electron chi connectivity index (χ4n) is 2.94. The van der Waals surface area contributed by atoms with Crippen LogP contribution in [0.4, 0.5) is 14.6 Å². The van der Waals surface area contributed by atoms with Gasteiger partial charge in [-0.25, -0.2) is 13.8 Å². The van der Waals surface area contributed by atoms with E-state index in [2.05, 4.69) is 15.3 Å². The van der Waals surface area contributed by atoms with Gasteiger partial charge in [0.15, 0.2) is 0 Å². The molecule has 3 heterocycles. The van der Waals surface area contributed by atoms with E-state index in [9.17, 15) is 13.6 Å². The molecule has 0 bridgehead atoms. The van der Waals surface area contributed by atoms with Crippen LogP contribution in [-0.2, 0) is 4.79 Å². The van der Waals surface area contributed by atoms with Crippen molar-refractivity contribution in [2.75, 3.05) is 5.32 Å². The highest BCUT2D eigenvalue weighted by molar-refractivity contribution is 5.94. The van der Waals surface area contributed by atoms with Gasteiger partial charge < -0.3 is 5.32 Å². The molecule has 0 spiro atoms. The van der Waals surface area contributed by atoms with Gasteiger partial charge >= 0.3 is 0 Å². The lowest BCUT2D eigenvalue weighted by Gasteiger charge is -2.23. The van der Waals surface area contributed by atoms with Crippen molar-refractivity contribution in [1.82, 2.24) is 14.5 Å². The number of imidazole rings is 1. The Hall–Kier alpha value is -3.09. The first-order valence-electron chi connectivity index (χ1n) is 7.36. The van der Waals surface area contributed by atoms with Crippen LogP contribution in [0.1, 0.15) is 23.6 Å². The van der Waals surface area contributed by atoms with Gasteiger partial charge in [-0.2, -0.15) is 0 Å². The Morgan fingerprint density at radius 2 is 2.12 bits per heavy atom. The number of hydrogen-bond donors (Lipinski definition) is 1. The predicted molar refractivity (Wildman–Crippen MR) is 82.8 cm³/mol. The molecular weight excluding hydrogens is 314 g/mol. The molecule has 120 valence electrons. The molecule has 1 atom stereocenters. The number of benzene rings is 1. The Balaban J connectivity index is 1.84. The molecule has 0 aliphatic carbocycles. The minimum Gasteiger partial charge on any atom is -0.310 e. The summed E-state index contributed by atoms with van der Waals surface area (Å²) >= 11 is 0. The number of pyridine rings is 1. The molecule has 0 saturated heterocycles. The number of carbonyl (C=O) groups is 1. The monoisotopic (exact) mass is 326 g/mol. The van der Waals surface area contributed by atoms with Crippen molar-refractivity contribution in [3.8, 4) is 5.69 Å². The van der Waals surface area contributed by atoms with Gasteiger partial charge in [-0.1, -0.05) is 6.07 Å². The van der Waals surface area contributed by atoms with E-state index >= 15 is 0 Å². The van der Waals surface area contributed by atoms with Crippen LogP contribution in [-0.4, -0.2) is 20.4 Å². The van der Waals surface area contributed by atoms with Crippen molar-refractivity contribution in [2.45, 2.75) is 12.3 Å². The zero-order valence-electron chi connectivity index (χ0n) is 12.4. The molecule has 1 aromatic carbocycles. The van der Waals surface area contributed by atoms with Crippen LogP contribution in [0.5, 0.6) is 0 Å². The highest BCUT2D eigenvalue weighted by atomic mass is 19.1. The van der Waals surface area contributed by atoms with E-state index in [1.54, 1.807) is 29.4 Å². The molecule has 5 nitrogen and oxygen atoms in total. The van der Waals surface area contributed by atoms with Crippen molar-refractivity contribution < 1.29 is 13.6 Å². The number of nitrogens with zero attached hydrogens (tertiary/aromatic N) is 3. The minimum atomic E-state index is -0.684. The van der Waals surface area contributed by atoms with Gasteiger partial charge in [0.1, 0.15) is 23.8 Å². The molecule has 2 aromatic heterocycles. The second kappa shape index (κ2) is 5.52. The third-order valence-corrected chi connectivity index (χ3v) is 4.04. The zero-order chi connectivity index (χ0) is 16.7. The number of nitrogens with one attached hydrogen (secondary N) is 1. The Kier molecular flexibility index (Phi) is 3.34. The van der Waals surface area contributed by atoms with Crippen LogP contribution < -0.4 is 5.32 Å². The standard InChI is InChI=1S/C17H12F2N4O/c18-10-3-4-12(14(19)6-10)13-7-15(24)22-17-16(13)21-9-23(17)11-2-1-5-20-8-11/h1-6,8-9,13H,7H2,(H,22,24)/t13-/m0/s1. The van der Waals surface area contributed by atoms with Gasteiger partial charge in [0.05, 0.1) is 17.6 Å². The van der Waals surface area contributed by atoms with Crippen LogP contribution in [0, 0.1) is 11.6 Å². The summed E-state index contributed by atoms with van der Waals surface area (Å²) in [6.07, 6.45) is 4.89. The second-order valence-corrected chi connectivity index (χ2v) is 5.53. The summed E-state index contributed by atoms with van der Waals surface area (Å²) in [6.45, 7) is 0. The van der Waals surface area contributed by atoms with Gasteiger partial charge in [0.2, 0.25) is 5.91 Å². The number of anilines is 1. The quantitative estimate of drug-likeness (QED) is 0.787. The molecule has 1 aliphatic rings. The van der Waals surface area contributed by atoms with Crippen LogP contribution in [0.2, 0.25) is 0 Å². The lowest BCUT2D eigenvalue weighted by Crippen LogP contribution is -2.25. The van der Waals surface area contributed by atoms with Crippen LogP contribution in [0.25, 0.3) is 5.69 Å². The number of fused-ring (bicyclic) bond motifs is 1. The number of rotatable bonds is 2. The molecule has 1 N–H and O–H groups in total. The number of hydrogen-bond acceptors (Lipinski definition) is 3. The molecule has 1 aliphatic heterocycles. The molecule has 0 unspecified atom stereocenters. The molecule has 0 saturated carbocycles. The third-order valence-electron chi connectivity index (χ3n) is 4.04. The van der Waals surface area contributed by atoms with Crippen molar-refractivity contribution in [3.63, 3.8) is 0 Å². The Morgan fingerprint density at radius 3 is 2.88 bits per heavy atom. The minimum absolute atomic E-state index is 0.0552. The molecule has 4 rings (SSSR count). The van der Waals surface area contributed by atoms with Gasteiger partial charge in [-0.3, -0.25) is 14.3 Å². The Morgan fingerprint density at radius 1 is 1.25 bits per heavy atom. The molecular formula is C17H12F2N4O. The van der Waals surface area contributed by atoms with E-state index in [0.29, 0.717) is 11.5 Å².